The molecule has 2 rings (SSSR count). The number of benzene rings is 1. The molecule has 0 radical (unpaired) electrons. The van der Waals surface area contributed by atoms with E-state index >= 15 is 0 Å². The van der Waals surface area contributed by atoms with Gasteiger partial charge in [-0.15, -0.1) is 0 Å². The predicted octanol–water partition coefficient (Wildman–Crippen LogP) is 3.48. The Morgan fingerprint density at radius 1 is 1.37 bits per heavy atom. The topological polar surface area (TPSA) is 49.8 Å². The third-order valence-corrected chi connectivity index (χ3v) is 2.90. The summed E-state index contributed by atoms with van der Waals surface area (Å²) < 4.78 is 13.6. The number of aromatic nitrogens is 2. The lowest BCUT2D eigenvalue weighted by Gasteiger charge is -2.16. The van der Waals surface area contributed by atoms with Crippen LogP contribution < -0.4 is 10.6 Å². The van der Waals surface area contributed by atoms with Gasteiger partial charge in [0.2, 0.25) is 5.95 Å². The van der Waals surface area contributed by atoms with Crippen molar-refractivity contribution in [3.8, 4) is 0 Å². The first kappa shape index (κ1) is 13.5. The maximum absolute atomic E-state index is 13.6. The molecule has 19 heavy (non-hydrogen) atoms. The zero-order valence-electron chi connectivity index (χ0n) is 10.6. The molecule has 1 aromatic carbocycles. The summed E-state index contributed by atoms with van der Waals surface area (Å²) in [5.41, 5.74) is 0.955. The van der Waals surface area contributed by atoms with E-state index in [2.05, 4.69) is 20.6 Å². The van der Waals surface area contributed by atoms with Crippen molar-refractivity contribution in [1.29, 1.82) is 0 Å². The SMILES string of the molecule is CNc1ncc(F)c(NC(C)c2cccc(Cl)c2)n1. The van der Waals surface area contributed by atoms with Gasteiger partial charge in [-0.25, -0.2) is 9.37 Å². The quantitative estimate of drug-likeness (QED) is 0.900. The van der Waals surface area contributed by atoms with E-state index in [1.165, 1.54) is 0 Å². The zero-order chi connectivity index (χ0) is 13.8. The Balaban J connectivity index is 2.21. The number of hydrogen-bond acceptors (Lipinski definition) is 4. The van der Waals surface area contributed by atoms with Gasteiger partial charge in [0.05, 0.1) is 12.2 Å². The fraction of sp³-hybridized carbons (Fsp3) is 0.231. The maximum Gasteiger partial charge on any atom is 0.224 e. The van der Waals surface area contributed by atoms with Crippen LogP contribution in [0.25, 0.3) is 0 Å². The van der Waals surface area contributed by atoms with Crippen LogP contribution in [-0.2, 0) is 0 Å². The van der Waals surface area contributed by atoms with Crippen molar-refractivity contribution in [3.63, 3.8) is 0 Å². The molecule has 4 nitrogen and oxygen atoms in total. The third kappa shape index (κ3) is 3.32. The molecule has 0 aliphatic carbocycles. The standard InChI is InChI=1S/C13H14ClFN4/c1-8(9-4-3-5-10(14)6-9)18-12-11(15)7-17-13(16-2)19-12/h3-8H,1-2H3,(H2,16,17,18,19). The van der Waals surface area contributed by atoms with Crippen LogP contribution in [0.15, 0.2) is 30.5 Å². The molecule has 1 atom stereocenters. The Morgan fingerprint density at radius 2 is 2.16 bits per heavy atom. The lowest BCUT2D eigenvalue weighted by molar-refractivity contribution is 0.614. The fourth-order valence-corrected chi connectivity index (χ4v) is 1.85. The van der Waals surface area contributed by atoms with E-state index < -0.39 is 5.82 Å². The number of anilines is 2. The van der Waals surface area contributed by atoms with Gasteiger partial charge in [-0.05, 0) is 24.6 Å². The van der Waals surface area contributed by atoms with Crippen LogP contribution in [0.4, 0.5) is 16.2 Å². The van der Waals surface area contributed by atoms with Gasteiger partial charge in [0, 0.05) is 12.1 Å². The summed E-state index contributed by atoms with van der Waals surface area (Å²) in [6.45, 7) is 1.91. The van der Waals surface area contributed by atoms with Crippen LogP contribution in [-0.4, -0.2) is 17.0 Å². The van der Waals surface area contributed by atoms with Crippen LogP contribution in [0.5, 0.6) is 0 Å². The molecule has 1 unspecified atom stereocenters. The number of hydrogen-bond donors (Lipinski definition) is 2. The Morgan fingerprint density at radius 3 is 2.84 bits per heavy atom. The molecule has 1 heterocycles. The van der Waals surface area contributed by atoms with Crippen molar-refractivity contribution in [1.82, 2.24) is 9.97 Å². The van der Waals surface area contributed by atoms with E-state index in [4.69, 9.17) is 11.6 Å². The van der Waals surface area contributed by atoms with Crippen LogP contribution >= 0.6 is 11.6 Å². The first-order valence-corrected chi connectivity index (χ1v) is 6.20. The number of rotatable bonds is 4. The van der Waals surface area contributed by atoms with Crippen molar-refractivity contribution in [2.75, 3.05) is 17.7 Å². The monoisotopic (exact) mass is 280 g/mol. The van der Waals surface area contributed by atoms with Crippen molar-refractivity contribution >= 4 is 23.4 Å². The Bertz CT molecular complexity index is 576. The molecule has 2 N–H and O–H groups in total. The van der Waals surface area contributed by atoms with Gasteiger partial charge in [0.1, 0.15) is 0 Å². The summed E-state index contributed by atoms with van der Waals surface area (Å²) in [4.78, 5) is 7.83. The van der Waals surface area contributed by atoms with E-state index in [9.17, 15) is 4.39 Å². The molecule has 0 saturated heterocycles. The van der Waals surface area contributed by atoms with E-state index in [0.29, 0.717) is 11.0 Å². The molecule has 2 aromatic rings. The van der Waals surface area contributed by atoms with Crippen molar-refractivity contribution < 1.29 is 4.39 Å². The average Bonchev–Trinajstić information content (AvgIpc) is 2.41. The van der Waals surface area contributed by atoms with Gasteiger partial charge in [-0.3, -0.25) is 0 Å². The highest BCUT2D eigenvalue weighted by Crippen LogP contribution is 2.22. The predicted molar refractivity (Wildman–Crippen MR) is 75.0 cm³/mol. The highest BCUT2D eigenvalue weighted by atomic mass is 35.5. The highest BCUT2D eigenvalue weighted by Gasteiger charge is 2.11. The molecular weight excluding hydrogens is 267 g/mol. The van der Waals surface area contributed by atoms with E-state index in [1.54, 1.807) is 13.1 Å². The van der Waals surface area contributed by atoms with Crippen molar-refractivity contribution in [2.45, 2.75) is 13.0 Å². The van der Waals surface area contributed by atoms with E-state index in [-0.39, 0.29) is 11.9 Å². The number of nitrogens with one attached hydrogen (secondary N) is 2. The molecule has 0 fully saturated rings. The lowest BCUT2D eigenvalue weighted by atomic mass is 10.1. The second kappa shape index (κ2) is 5.84. The van der Waals surface area contributed by atoms with Gasteiger partial charge in [0.25, 0.3) is 0 Å². The average molecular weight is 281 g/mol. The second-order valence-electron chi connectivity index (χ2n) is 4.06. The highest BCUT2D eigenvalue weighted by molar-refractivity contribution is 6.30. The minimum absolute atomic E-state index is 0.118. The summed E-state index contributed by atoms with van der Waals surface area (Å²) in [6.07, 6.45) is 1.13. The van der Waals surface area contributed by atoms with Gasteiger partial charge < -0.3 is 10.6 Å². The Hall–Kier alpha value is -1.88. The second-order valence-corrected chi connectivity index (χ2v) is 4.50. The van der Waals surface area contributed by atoms with Gasteiger partial charge in [-0.1, -0.05) is 23.7 Å². The van der Waals surface area contributed by atoms with Gasteiger partial charge in [0.15, 0.2) is 11.6 Å². The fourth-order valence-electron chi connectivity index (χ4n) is 1.65. The van der Waals surface area contributed by atoms with E-state index in [0.717, 1.165) is 11.8 Å². The maximum atomic E-state index is 13.6. The van der Waals surface area contributed by atoms with Crippen molar-refractivity contribution in [3.05, 3.63) is 46.9 Å². The largest absolute Gasteiger partial charge is 0.361 e. The normalized spacial score (nSPS) is 12.0. The third-order valence-electron chi connectivity index (χ3n) is 2.67. The summed E-state index contributed by atoms with van der Waals surface area (Å²) in [5, 5.41) is 6.41. The van der Waals surface area contributed by atoms with Crippen LogP contribution in [0.1, 0.15) is 18.5 Å². The first-order valence-electron chi connectivity index (χ1n) is 5.82. The summed E-state index contributed by atoms with van der Waals surface area (Å²) in [5.74, 6) is 0.0295. The zero-order valence-corrected chi connectivity index (χ0v) is 11.4. The molecule has 0 bridgehead atoms. The van der Waals surface area contributed by atoms with Gasteiger partial charge >= 0.3 is 0 Å². The summed E-state index contributed by atoms with van der Waals surface area (Å²) >= 11 is 5.93. The molecule has 1 aromatic heterocycles. The van der Waals surface area contributed by atoms with Crippen LogP contribution in [0, 0.1) is 5.82 Å². The van der Waals surface area contributed by atoms with Crippen LogP contribution in [0.2, 0.25) is 5.02 Å². The molecule has 6 heteroatoms. The first-order chi connectivity index (χ1) is 9.10. The molecule has 0 aliphatic rings. The molecule has 0 saturated carbocycles. The van der Waals surface area contributed by atoms with Gasteiger partial charge in [-0.2, -0.15) is 4.98 Å². The summed E-state index contributed by atoms with van der Waals surface area (Å²) in [7, 11) is 1.68. The molecule has 100 valence electrons. The van der Waals surface area contributed by atoms with Crippen molar-refractivity contribution in [2.24, 2.45) is 0 Å². The smallest absolute Gasteiger partial charge is 0.224 e. The van der Waals surface area contributed by atoms with Crippen LogP contribution in [0.3, 0.4) is 0 Å². The number of nitrogens with zero attached hydrogens (tertiary/aromatic N) is 2. The molecule has 0 spiro atoms. The number of halogens is 2. The Labute approximate surface area is 116 Å². The summed E-state index contributed by atoms with van der Waals surface area (Å²) in [6, 6.07) is 7.28. The molecule has 0 aliphatic heterocycles. The Kier molecular flexibility index (Phi) is 4.16. The lowest BCUT2D eigenvalue weighted by Crippen LogP contribution is -2.11. The minimum Gasteiger partial charge on any atom is -0.361 e. The minimum atomic E-state index is -0.493. The van der Waals surface area contributed by atoms with E-state index in [1.807, 2.05) is 25.1 Å². The molecular formula is C13H14ClFN4. The molecule has 0 amide bonds.